The van der Waals surface area contributed by atoms with Crippen LogP contribution in [0.15, 0.2) is 0 Å². The van der Waals surface area contributed by atoms with Gasteiger partial charge in [0.1, 0.15) is 5.78 Å². The van der Waals surface area contributed by atoms with Crippen LogP contribution in [0.3, 0.4) is 0 Å². The maximum atomic E-state index is 12.2. The number of carbonyl (C=O) groups is 1. The molecule has 0 saturated heterocycles. The quantitative estimate of drug-likeness (QED) is 0.767. The van der Waals surface area contributed by atoms with Gasteiger partial charge in [-0.3, -0.25) is 4.79 Å². The van der Waals surface area contributed by atoms with Gasteiger partial charge in [-0.1, -0.05) is 13.8 Å². The molecule has 2 bridgehead atoms. The maximum absolute atomic E-state index is 12.2. The molecule has 98 valence electrons. The third-order valence-electron chi connectivity index (χ3n) is 5.12. The van der Waals surface area contributed by atoms with Gasteiger partial charge in [0.2, 0.25) is 10.0 Å². The molecule has 2 aliphatic carbocycles. The van der Waals surface area contributed by atoms with Crippen LogP contribution in [0.4, 0.5) is 0 Å². The van der Waals surface area contributed by atoms with Crippen LogP contribution in [0, 0.1) is 16.7 Å². The minimum Gasteiger partial charge on any atom is -0.299 e. The van der Waals surface area contributed by atoms with Crippen molar-refractivity contribution < 1.29 is 13.2 Å². The molecule has 2 saturated carbocycles. The summed E-state index contributed by atoms with van der Waals surface area (Å²) in [5.74, 6) is 0.506. The van der Waals surface area contributed by atoms with E-state index in [0.717, 1.165) is 12.8 Å². The molecule has 2 aliphatic rings. The third kappa shape index (κ3) is 1.58. The van der Waals surface area contributed by atoms with E-state index in [-0.39, 0.29) is 17.0 Å². The van der Waals surface area contributed by atoms with E-state index in [1.807, 2.05) is 0 Å². The Morgan fingerprint density at radius 3 is 2.29 bits per heavy atom. The van der Waals surface area contributed by atoms with E-state index >= 15 is 0 Å². The second-order valence-corrected chi connectivity index (χ2v) is 8.39. The first-order valence-corrected chi connectivity index (χ1v) is 7.68. The first kappa shape index (κ1) is 13.0. The first-order valence-electron chi connectivity index (χ1n) is 6.07. The van der Waals surface area contributed by atoms with E-state index in [1.54, 1.807) is 0 Å². The van der Waals surface area contributed by atoms with Crippen molar-refractivity contribution in [2.75, 3.05) is 19.8 Å². The van der Waals surface area contributed by atoms with Crippen LogP contribution < -0.4 is 0 Å². The minimum absolute atomic E-state index is 0.0185. The molecule has 2 fully saturated rings. The molecule has 2 rings (SSSR count). The fourth-order valence-corrected chi connectivity index (χ4v) is 5.11. The Kier molecular flexibility index (Phi) is 2.71. The maximum Gasteiger partial charge on any atom is 0.214 e. The van der Waals surface area contributed by atoms with E-state index in [1.165, 1.54) is 18.4 Å². The van der Waals surface area contributed by atoms with Gasteiger partial charge in [0.15, 0.2) is 0 Å². The molecule has 0 radical (unpaired) electrons. The summed E-state index contributed by atoms with van der Waals surface area (Å²) in [5.41, 5.74) is -0.812. The highest BCUT2D eigenvalue weighted by molar-refractivity contribution is 7.89. The third-order valence-corrected chi connectivity index (χ3v) is 7.09. The lowest BCUT2D eigenvalue weighted by molar-refractivity contribution is -0.128. The standard InChI is InChI=1S/C12H21NO3S/c1-11(2)9-5-6-12(11,10(14)7-9)8-17(15,16)13(3)4/h9H,5-8H2,1-4H3/t9-,12-/m0/s1. The second-order valence-electron chi connectivity index (χ2n) is 6.21. The summed E-state index contributed by atoms with van der Waals surface area (Å²) < 4.78 is 25.4. The number of carbonyl (C=O) groups excluding carboxylic acids is 1. The first-order chi connectivity index (χ1) is 7.63. The average molecular weight is 259 g/mol. The number of Topliss-reactive ketones (excluding diaryl/α,β-unsaturated/α-hetero) is 1. The normalized spacial score (nSPS) is 35.8. The molecule has 17 heavy (non-hydrogen) atoms. The zero-order chi connectivity index (χ0) is 13.1. The van der Waals surface area contributed by atoms with Crippen LogP contribution in [-0.4, -0.2) is 38.4 Å². The fraction of sp³-hybridized carbons (Fsp3) is 0.917. The van der Waals surface area contributed by atoms with Crippen molar-refractivity contribution in [1.29, 1.82) is 0 Å². The highest BCUT2D eigenvalue weighted by Crippen LogP contribution is 2.64. The molecule has 0 aromatic rings. The Morgan fingerprint density at radius 1 is 1.35 bits per heavy atom. The van der Waals surface area contributed by atoms with Gasteiger partial charge >= 0.3 is 0 Å². The second kappa shape index (κ2) is 3.54. The lowest BCUT2D eigenvalue weighted by Gasteiger charge is -2.36. The van der Waals surface area contributed by atoms with Gasteiger partial charge in [-0.15, -0.1) is 0 Å². The molecule has 0 aliphatic heterocycles. The van der Waals surface area contributed by atoms with Crippen molar-refractivity contribution in [2.45, 2.75) is 33.1 Å². The SMILES string of the molecule is CN(C)S(=O)(=O)C[C@@]12CC[C@@H](CC1=O)C2(C)C. The van der Waals surface area contributed by atoms with Crippen molar-refractivity contribution in [3.63, 3.8) is 0 Å². The van der Waals surface area contributed by atoms with Gasteiger partial charge in [0.05, 0.1) is 5.75 Å². The number of ketones is 1. The average Bonchev–Trinajstić information content (AvgIpc) is 2.50. The highest BCUT2D eigenvalue weighted by atomic mass is 32.2. The molecular formula is C12H21NO3S. The molecule has 0 aromatic carbocycles. The van der Waals surface area contributed by atoms with Crippen LogP contribution in [0.5, 0.6) is 0 Å². The number of fused-ring (bicyclic) bond motifs is 2. The summed E-state index contributed by atoms with van der Waals surface area (Å²) >= 11 is 0. The largest absolute Gasteiger partial charge is 0.299 e. The number of sulfonamides is 1. The lowest BCUT2D eigenvalue weighted by atomic mass is 9.70. The Bertz CT molecular complexity index is 452. The Morgan fingerprint density at radius 2 is 1.94 bits per heavy atom. The van der Waals surface area contributed by atoms with Crippen LogP contribution in [0.2, 0.25) is 0 Å². The van der Waals surface area contributed by atoms with Gasteiger partial charge in [0.25, 0.3) is 0 Å². The van der Waals surface area contributed by atoms with E-state index in [0.29, 0.717) is 12.3 Å². The van der Waals surface area contributed by atoms with Crippen molar-refractivity contribution in [3.8, 4) is 0 Å². The number of hydrogen-bond donors (Lipinski definition) is 0. The summed E-state index contributed by atoms with van der Waals surface area (Å²) in [6.07, 6.45) is 2.29. The highest BCUT2D eigenvalue weighted by Gasteiger charge is 2.65. The summed E-state index contributed by atoms with van der Waals surface area (Å²) in [6.45, 7) is 4.11. The topological polar surface area (TPSA) is 54.5 Å². The van der Waals surface area contributed by atoms with Crippen molar-refractivity contribution in [3.05, 3.63) is 0 Å². The monoisotopic (exact) mass is 259 g/mol. The smallest absolute Gasteiger partial charge is 0.214 e. The van der Waals surface area contributed by atoms with Crippen molar-refractivity contribution in [1.82, 2.24) is 4.31 Å². The number of rotatable bonds is 3. The lowest BCUT2D eigenvalue weighted by Crippen LogP contribution is -2.45. The van der Waals surface area contributed by atoms with Crippen LogP contribution in [-0.2, 0) is 14.8 Å². The van der Waals surface area contributed by atoms with Crippen LogP contribution >= 0.6 is 0 Å². The molecule has 2 atom stereocenters. The summed E-state index contributed by atoms with van der Waals surface area (Å²) in [6, 6.07) is 0. The Labute approximate surface area is 103 Å². The molecule has 0 unspecified atom stereocenters. The fourth-order valence-electron chi connectivity index (χ4n) is 3.55. The molecular weight excluding hydrogens is 238 g/mol. The van der Waals surface area contributed by atoms with E-state index in [4.69, 9.17) is 0 Å². The van der Waals surface area contributed by atoms with E-state index < -0.39 is 15.4 Å². The molecule has 5 heteroatoms. The predicted octanol–water partition coefficient (Wildman–Crippen LogP) is 1.27. The van der Waals surface area contributed by atoms with E-state index in [2.05, 4.69) is 13.8 Å². The molecule has 0 aromatic heterocycles. The number of hydrogen-bond acceptors (Lipinski definition) is 3. The Hall–Kier alpha value is -0.420. The zero-order valence-electron chi connectivity index (χ0n) is 11.0. The molecule has 0 N–H and O–H groups in total. The van der Waals surface area contributed by atoms with Gasteiger partial charge in [-0.2, -0.15) is 0 Å². The molecule has 0 amide bonds. The van der Waals surface area contributed by atoms with Gasteiger partial charge < -0.3 is 0 Å². The van der Waals surface area contributed by atoms with Gasteiger partial charge in [0, 0.05) is 25.9 Å². The van der Waals surface area contributed by atoms with Crippen LogP contribution in [0.25, 0.3) is 0 Å². The van der Waals surface area contributed by atoms with Gasteiger partial charge in [-0.05, 0) is 24.2 Å². The molecule has 0 heterocycles. The van der Waals surface area contributed by atoms with E-state index in [9.17, 15) is 13.2 Å². The predicted molar refractivity (Wildman–Crippen MR) is 66.0 cm³/mol. The van der Waals surface area contributed by atoms with Crippen molar-refractivity contribution >= 4 is 15.8 Å². The summed E-state index contributed by atoms with van der Waals surface area (Å²) in [7, 11) is -0.252. The molecule has 4 nitrogen and oxygen atoms in total. The van der Waals surface area contributed by atoms with Crippen molar-refractivity contribution in [2.24, 2.45) is 16.7 Å². The summed E-state index contributed by atoms with van der Waals surface area (Å²) in [4.78, 5) is 12.2. The van der Waals surface area contributed by atoms with Crippen LogP contribution in [0.1, 0.15) is 33.1 Å². The Balaban J connectivity index is 2.40. The zero-order valence-corrected chi connectivity index (χ0v) is 11.8. The molecule has 0 spiro atoms. The van der Waals surface area contributed by atoms with Gasteiger partial charge in [-0.25, -0.2) is 12.7 Å². The minimum atomic E-state index is -3.32. The summed E-state index contributed by atoms with van der Waals surface area (Å²) in [5, 5.41) is 0. The number of nitrogens with zero attached hydrogens (tertiary/aromatic N) is 1.